The maximum atomic E-state index is 12.5. The number of aryl methyl sites for hydroxylation is 1. The molecule has 0 amide bonds. The van der Waals surface area contributed by atoms with Gasteiger partial charge in [0.15, 0.2) is 10.3 Å². The molecule has 0 fully saturated rings. The van der Waals surface area contributed by atoms with Gasteiger partial charge in [-0.3, -0.25) is 0 Å². The number of nitrogens with zero attached hydrogens (tertiary/aromatic N) is 1. The topological polar surface area (TPSA) is 73.0 Å². The van der Waals surface area contributed by atoms with Crippen LogP contribution < -0.4 is 5.73 Å². The predicted molar refractivity (Wildman–Crippen MR) is 105 cm³/mol. The fourth-order valence-corrected chi connectivity index (χ4v) is 3.67. The first kappa shape index (κ1) is 18.9. The Bertz CT molecular complexity index is 874. The van der Waals surface area contributed by atoms with Crippen molar-refractivity contribution in [3.63, 3.8) is 0 Å². The molecule has 0 radical (unpaired) electrons. The molecule has 1 heterocycles. The van der Waals surface area contributed by atoms with E-state index >= 15 is 0 Å². The molecule has 1 aliphatic rings. The van der Waals surface area contributed by atoms with E-state index in [1.807, 2.05) is 31.5 Å². The molecule has 1 aromatic carbocycles. The van der Waals surface area contributed by atoms with Gasteiger partial charge in [0, 0.05) is 12.2 Å². The molecule has 2 aromatic rings. The van der Waals surface area contributed by atoms with Crippen LogP contribution in [0.2, 0.25) is 0 Å². The monoisotopic (exact) mass is 373 g/mol. The van der Waals surface area contributed by atoms with Gasteiger partial charge in [0.2, 0.25) is 0 Å². The third-order valence-electron chi connectivity index (χ3n) is 4.84. The number of nitrogens with two attached hydrogens (primary N) is 1. The molecule has 0 aliphatic heterocycles. The number of hydrogen-bond acceptors (Lipinski definition) is 4. The fourth-order valence-electron chi connectivity index (χ4n) is 3.35. The Morgan fingerprint density at radius 2 is 1.92 bits per heavy atom. The standard InChI is InChI=1S/C20H27N3O2S/c1-19(2,3)25-17(24)20(4,21)16-12-23(18(26)22-16)15-10-9-13-7-5-6-8-14(13)11-15/h5-8,12,15H,9-11,21H2,1-4H3,(H,22,26). The van der Waals surface area contributed by atoms with E-state index in [4.69, 9.17) is 22.7 Å². The van der Waals surface area contributed by atoms with Gasteiger partial charge in [0.05, 0.1) is 5.69 Å². The minimum atomic E-state index is -1.28. The summed E-state index contributed by atoms with van der Waals surface area (Å²) in [5.41, 5.74) is 7.78. The number of carbonyl (C=O) groups excluding carboxylic acids is 1. The van der Waals surface area contributed by atoms with Crippen molar-refractivity contribution in [3.05, 3.63) is 52.1 Å². The molecule has 0 bridgehead atoms. The molecule has 6 heteroatoms. The van der Waals surface area contributed by atoms with Crippen LogP contribution in [0.4, 0.5) is 0 Å². The molecule has 1 aromatic heterocycles. The Kier molecular flexibility index (Phi) is 4.84. The highest BCUT2D eigenvalue weighted by Gasteiger charge is 2.37. The first-order valence-electron chi connectivity index (χ1n) is 8.98. The summed E-state index contributed by atoms with van der Waals surface area (Å²) in [6.07, 6.45) is 4.84. The first-order chi connectivity index (χ1) is 12.1. The van der Waals surface area contributed by atoms with Gasteiger partial charge < -0.3 is 20.0 Å². The number of esters is 1. The van der Waals surface area contributed by atoms with Crippen molar-refractivity contribution in [2.24, 2.45) is 5.73 Å². The Hall–Kier alpha value is -1.92. The SMILES string of the molecule is CC(C)(C)OC(=O)C(C)(N)c1cn(C2CCc3ccccc3C2)c(=S)[nH]1. The van der Waals surface area contributed by atoms with Crippen LogP contribution in [-0.4, -0.2) is 21.1 Å². The van der Waals surface area contributed by atoms with Crippen LogP contribution in [0.15, 0.2) is 30.5 Å². The van der Waals surface area contributed by atoms with Gasteiger partial charge in [-0.25, -0.2) is 4.79 Å². The zero-order valence-electron chi connectivity index (χ0n) is 15.8. The Labute approximate surface area is 159 Å². The molecule has 1 aliphatic carbocycles. The van der Waals surface area contributed by atoms with Crippen molar-refractivity contribution in [3.8, 4) is 0 Å². The van der Waals surface area contributed by atoms with E-state index in [0.29, 0.717) is 10.5 Å². The maximum absolute atomic E-state index is 12.5. The third-order valence-corrected chi connectivity index (χ3v) is 5.15. The van der Waals surface area contributed by atoms with Gasteiger partial charge in [0.25, 0.3) is 0 Å². The smallest absolute Gasteiger partial charge is 0.332 e. The van der Waals surface area contributed by atoms with Crippen molar-refractivity contribution in [2.75, 3.05) is 0 Å². The lowest BCUT2D eigenvalue weighted by atomic mass is 9.88. The molecular formula is C20H27N3O2S. The van der Waals surface area contributed by atoms with Gasteiger partial charge >= 0.3 is 5.97 Å². The summed E-state index contributed by atoms with van der Waals surface area (Å²) in [6, 6.07) is 8.78. The second-order valence-corrected chi connectivity index (χ2v) is 8.64. The second-order valence-electron chi connectivity index (χ2n) is 8.25. The van der Waals surface area contributed by atoms with Crippen molar-refractivity contribution < 1.29 is 9.53 Å². The molecule has 3 N–H and O–H groups in total. The first-order valence-corrected chi connectivity index (χ1v) is 9.39. The van der Waals surface area contributed by atoms with Crippen molar-refractivity contribution >= 4 is 18.2 Å². The normalized spacial score (nSPS) is 19.5. The van der Waals surface area contributed by atoms with Gasteiger partial charge in [-0.1, -0.05) is 24.3 Å². The second kappa shape index (κ2) is 6.67. The summed E-state index contributed by atoms with van der Waals surface area (Å²) in [5.74, 6) is -0.470. The van der Waals surface area contributed by atoms with E-state index < -0.39 is 17.1 Å². The lowest BCUT2D eigenvalue weighted by Gasteiger charge is -2.28. The van der Waals surface area contributed by atoms with E-state index in [1.54, 1.807) is 6.92 Å². The van der Waals surface area contributed by atoms with Crippen LogP contribution in [0.1, 0.15) is 57.0 Å². The van der Waals surface area contributed by atoms with Crippen LogP contribution in [0, 0.1) is 4.77 Å². The molecule has 2 unspecified atom stereocenters. The Morgan fingerprint density at radius 3 is 2.58 bits per heavy atom. The van der Waals surface area contributed by atoms with Crippen LogP contribution in [0.5, 0.6) is 0 Å². The van der Waals surface area contributed by atoms with E-state index in [1.165, 1.54) is 11.1 Å². The average molecular weight is 374 g/mol. The Balaban J connectivity index is 1.86. The summed E-state index contributed by atoms with van der Waals surface area (Å²) in [7, 11) is 0. The summed E-state index contributed by atoms with van der Waals surface area (Å²) in [6.45, 7) is 7.14. The summed E-state index contributed by atoms with van der Waals surface area (Å²) >= 11 is 5.52. The molecule has 5 nitrogen and oxygen atoms in total. The zero-order valence-corrected chi connectivity index (χ0v) is 16.7. The molecular weight excluding hydrogens is 346 g/mol. The lowest BCUT2D eigenvalue weighted by Crippen LogP contribution is -2.46. The van der Waals surface area contributed by atoms with Gasteiger partial charge in [-0.15, -0.1) is 0 Å². The number of fused-ring (bicyclic) bond motifs is 1. The number of carbonyl (C=O) groups is 1. The highest BCUT2D eigenvalue weighted by atomic mass is 32.1. The molecule has 0 saturated carbocycles. The van der Waals surface area contributed by atoms with Crippen LogP contribution in [-0.2, 0) is 27.9 Å². The number of aromatic nitrogens is 2. The molecule has 2 atom stereocenters. The van der Waals surface area contributed by atoms with E-state index in [0.717, 1.165) is 19.3 Å². The average Bonchev–Trinajstić information content (AvgIpc) is 2.95. The van der Waals surface area contributed by atoms with Crippen molar-refractivity contribution in [1.82, 2.24) is 9.55 Å². The highest BCUT2D eigenvalue weighted by molar-refractivity contribution is 7.71. The molecule has 0 spiro atoms. The Morgan fingerprint density at radius 1 is 1.27 bits per heavy atom. The summed E-state index contributed by atoms with van der Waals surface area (Å²) in [5, 5.41) is 0. The third kappa shape index (κ3) is 3.76. The molecule has 3 rings (SSSR count). The zero-order chi connectivity index (χ0) is 19.1. The number of rotatable bonds is 3. The number of H-pyrrole nitrogens is 1. The van der Waals surface area contributed by atoms with Gasteiger partial charge in [0.1, 0.15) is 5.60 Å². The van der Waals surface area contributed by atoms with Gasteiger partial charge in [-0.05, 0) is 70.3 Å². The quantitative estimate of drug-likeness (QED) is 0.634. The van der Waals surface area contributed by atoms with Crippen molar-refractivity contribution in [2.45, 2.75) is 64.1 Å². The van der Waals surface area contributed by atoms with E-state index in [-0.39, 0.29) is 6.04 Å². The van der Waals surface area contributed by atoms with E-state index in [9.17, 15) is 4.79 Å². The van der Waals surface area contributed by atoms with Gasteiger partial charge in [-0.2, -0.15) is 0 Å². The highest BCUT2D eigenvalue weighted by Crippen LogP contribution is 2.30. The number of aromatic amines is 1. The molecule has 0 saturated heterocycles. The number of nitrogens with one attached hydrogen (secondary N) is 1. The fraction of sp³-hybridized carbons (Fsp3) is 0.500. The maximum Gasteiger partial charge on any atom is 0.332 e. The van der Waals surface area contributed by atoms with Crippen LogP contribution >= 0.6 is 12.2 Å². The number of benzene rings is 1. The van der Waals surface area contributed by atoms with Crippen molar-refractivity contribution in [1.29, 1.82) is 0 Å². The van der Waals surface area contributed by atoms with E-state index in [2.05, 4.69) is 29.2 Å². The predicted octanol–water partition coefficient (Wildman–Crippen LogP) is 3.79. The number of imidazole rings is 1. The molecule has 140 valence electrons. The minimum absolute atomic E-state index is 0.261. The summed E-state index contributed by atoms with van der Waals surface area (Å²) in [4.78, 5) is 15.7. The number of ether oxygens (including phenoxy) is 1. The lowest BCUT2D eigenvalue weighted by molar-refractivity contribution is -0.161. The van der Waals surface area contributed by atoms with Crippen LogP contribution in [0.25, 0.3) is 0 Å². The molecule has 26 heavy (non-hydrogen) atoms. The largest absolute Gasteiger partial charge is 0.458 e. The minimum Gasteiger partial charge on any atom is -0.458 e. The number of hydrogen-bond donors (Lipinski definition) is 2. The summed E-state index contributed by atoms with van der Waals surface area (Å²) < 4.78 is 8.10. The van der Waals surface area contributed by atoms with Crippen LogP contribution in [0.3, 0.4) is 0 Å².